The highest BCUT2D eigenvalue weighted by Gasteiger charge is 2.07. The molecule has 1 aromatic heterocycles. The maximum atomic E-state index is 4.43. The maximum absolute atomic E-state index is 4.43. The average Bonchev–Trinajstić information content (AvgIpc) is 2.63. The molecule has 1 atom stereocenters. The van der Waals surface area contributed by atoms with Gasteiger partial charge in [-0.1, -0.05) is 12.2 Å². The van der Waals surface area contributed by atoms with Crippen LogP contribution in [-0.4, -0.2) is 11.0 Å². The summed E-state index contributed by atoms with van der Waals surface area (Å²) in [4.78, 5) is 4.43. The van der Waals surface area contributed by atoms with Gasteiger partial charge in [-0.25, -0.2) is 4.98 Å². The van der Waals surface area contributed by atoms with E-state index in [-0.39, 0.29) is 0 Å². The minimum atomic E-state index is 0.563. The van der Waals surface area contributed by atoms with Crippen LogP contribution < -0.4 is 5.32 Å². The maximum Gasteiger partial charge on any atom is 0.107 e. The van der Waals surface area contributed by atoms with Crippen molar-refractivity contribution in [2.75, 3.05) is 0 Å². The van der Waals surface area contributed by atoms with Gasteiger partial charge >= 0.3 is 0 Å². The summed E-state index contributed by atoms with van der Waals surface area (Å²) < 4.78 is 0. The summed E-state index contributed by atoms with van der Waals surface area (Å²) in [6.07, 6.45) is 8.37. The van der Waals surface area contributed by atoms with E-state index in [1.54, 1.807) is 11.3 Å². The molecule has 1 aromatic rings. The Morgan fingerprint density at radius 1 is 1.64 bits per heavy atom. The molecule has 3 heteroatoms. The Labute approximate surface area is 89.1 Å². The fourth-order valence-corrected chi connectivity index (χ4v) is 2.41. The second kappa shape index (κ2) is 4.71. The largest absolute Gasteiger partial charge is 0.304 e. The van der Waals surface area contributed by atoms with Crippen LogP contribution in [0.2, 0.25) is 0 Å². The van der Waals surface area contributed by atoms with E-state index in [1.807, 2.05) is 6.92 Å². The third kappa shape index (κ3) is 2.66. The van der Waals surface area contributed by atoms with Gasteiger partial charge < -0.3 is 5.32 Å². The van der Waals surface area contributed by atoms with Crippen molar-refractivity contribution in [3.8, 4) is 0 Å². The fraction of sp³-hybridized carbons (Fsp3) is 0.545. The number of nitrogens with one attached hydrogen (secondary N) is 1. The van der Waals surface area contributed by atoms with Crippen LogP contribution >= 0.6 is 11.3 Å². The first-order valence-electron chi connectivity index (χ1n) is 5.15. The first-order chi connectivity index (χ1) is 6.84. The van der Waals surface area contributed by atoms with Crippen molar-refractivity contribution in [2.45, 2.75) is 38.8 Å². The van der Waals surface area contributed by atoms with Crippen molar-refractivity contribution in [3.05, 3.63) is 28.2 Å². The summed E-state index contributed by atoms with van der Waals surface area (Å²) in [5.74, 6) is 0. The Kier molecular flexibility index (Phi) is 3.32. The Balaban J connectivity index is 1.82. The molecule has 14 heavy (non-hydrogen) atoms. The van der Waals surface area contributed by atoms with Gasteiger partial charge in [0.25, 0.3) is 0 Å². The zero-order valence-corrected chi connectivity index (χ0v) is 9.31. The predicted octanol–water partition coefficient (Wildman–Crippen LogP) is 2.65. The molecule has 2 nitrogen and oxygen atoms in total. The first kappa shape index (κ1) is 9.87. The number of allylic oxidation sites excluding steroid dienone is 1. The van der Waals surface area contributed by atoms with E-state index < -0.39 is 0 Å². The van der Waals surface area contributed by atoms with E-state index >= 15 is 0 Å². The molecule has 0 bridgehead atoms. The summed E-state index contributed by atoms with van der Waals surface area (Å²) in [6.45, 7) is 2.95. The van der Waals surface area contributed by atoms with Crippen molar-refractivity contribution in [3.63, 3.8) is 0 Å². The van der Waals surface area contributed by atoms with Gasteiger partial charge in [0, 0.05) is 23.7 Å². The Morgan fingerprint density at radius 3 is 3.21 bits per heavy atom. The lowest BCUT2D eigenvalue weighted by molar-refractivity contribution is 0.521. The van der Waals surface area contributed by atoms with Gasteiger partial charge in [0.15, 0.2) is 0 Å². The molecule has 1 aliphatic carbocycles. The number of aryl methyl sites for hydroxylation is 1. The average molecular weight is 208 g/mol. The molecule has 76 valence electrons. The SMILES string of the molecule is Cc1csc(CNC2C=CCCC2)n1. The number of thiazole rings is 1. The molecule has 0 spiro atoms. The van der Waals surface area contributed by atoms with Crippen molar-refractivity contribution >= 4 is 11.3 Å². The second-order valence-electron chi connectivity index (χ2n) is 3.73. The molecular weight excluding hydrogens is 192 g/mol. The van der Waals surface area contributed by atoms with Crippen LogP contribution in [-0.2, 0) is 6.54 Å². The molecule has 0 saturated heterocycles. The highest BCUT2D eigenvalue weighted by molar-refractivity contribution is 7.09. The highest BCUT2D eigenvalue weighted by Crippen LogP contribution is 2.12. The third-order valence-electron chi connectivity index (χ3n) is 2.44. The van der Waals surface area contributed by atoms with Crippen LogP contribution in [0.15, 0.2) is 17.5 Å². The van der Waals surface area contributed by atoms with Crippen molar-refractivity contribution in [1.29, 1.82) is 0 Å². The molecule has 1 aliphatic rings. The van der Waals surface area contributed by atoms with Gasteiger partial charge in [0.1, 0.15) is 5.01 Å². The molecule has 0 aliphatic heterocycles. The van der Waals surface area contributed by atoms with Gasteiger partial charge in [0.05, 0.1) is 0 Å². The lowest BCUT2D eigenvalue weighted by Gasteiger charge is -2.16. The van der Waals surface area contributed by atoms with Crippen LogP contribution in [0, 0.1) is 6.92 Å². The number of rotatable bonds is 3. The van der Waals surface area contributed by atoms with Crippen LogP contribution in [0.5, 0.6) is 0 Å². The zero-order chi connectivity index (χ0) is 9.80. The molecule has 0 fully saturated rings. The van der Waals surface area contributed by atoms with E-state index in [1.165, 1.54) is 24.3 Å². The predicted molar refractivity (Wildman–Crippen MR) is 60.5 cm³/mol. The number of hydrogen-bond donors (Lipinski definition) is 1. The summed E-state index contributed by atoms with van der Waals surface area (Å²) in [5, 5.41) is 6.81. The molecule has 2 rings (SSSR count). The van der Waals surface area contributed by atoms with Gasteiger partial charge in [-0.05, 0) is 26.2 Å². The molecule has 1 heterocycles. The quantitative estimate of drug-likeness (QED) is 0.772. The van der Waals surface area contributed by atoms with Gasteiger partial charge in [-0.15, -0.1) is 11.3 Å². The van der Waals surface area contributed by atoms with Crippen LogP contribution in [0.1, 0.15) is 30.0 Å². The molecule has 0 radical (unpaired) electrons. The fourth-order valence-electron chi connectivity index (χ4n) is 1.68. The van der Waals surface area contributed by atoms with Gasteiger partial charge in [-0.2, -0.15) is 0 Å². The van der Waals surface area contributed by atoms with E-state index in [0.717, 1.165) is 12.2 Å². The summed E-state index contributed by atoms with van der Waals surface area (Å²) in [5.41, 5.74) is 1.13. The Hall–Kier alpha value is -0.670. The lowest BCUT2D eigenvalue weighted by atomic mass is 10.0. The lowest BCUT2D eigenvalue weighted by Crippen LogP contribution is -2.27. The third-order valence-corrected chi connectivity index (χ3v) is 3.40. The molecule has 0 saturated carbocycles. The standard InChI is InChI=1S/C11H16N2S/c1-9-8-14-11(13-9)7-12-10-5-3-2-4-6-10/h3,5,8,10,12H,2,4,6-7H2,1H3. The monoisotopic (exact) mass is 208 g/mol. The molecule has 1 unspecified atom stereocenters. The van der Waals surface area contributed by atoms with Gasteiger partial charge in [-0.3, -0.25) is 0 Å². The van der Waals surface area contributed by atoms with Gasteiger partial charge in [0.2, 0.25) is 0 Å². The molecule has 1 N–H and O–H groups in total. The molecule has 0 amide bonds. The van der Waals surface area contributed by atoms with Crippen molar-refractivity contribution < 1.29 is 0 Å². The smallest absolute Gasteiger partial charge is 0.107 e. The van der Waals surface area contributed by atoms with E-state index in [2.05, 4.69) is 27.8 Å². The molecular formula is C11H16N2S. The topological polar surface area (TPSA) is 24.9 Å². The normalized spacial score (nSPS) is 21.4. The Morgan fingerprint density at radius 2 is 2.57 bits per heavy atom. The highest BCUT2D eigenvalue weighted by atomic mass is 32.1. The van der Waals surface area contributed by atoms with E-state index in [0.29, 0.717) is 6.04 Å². The number of aromatic nitrogens is 1. The van der Waals surface area contributed by atoms with Crippen LogP contribution in [0.3, 0.4) is 0 Å². The first-order valence-corrected chi connectivity index (χ1v) is 6.03. The number of hydrogen-bond acceptors (Lipinski definition) is 3. The summed E-state index contributed by atoms with van der Waals surface area (Å²) in [6, 6.07) is 0.563. The molecule has 0 aromatic carbocycles. The minimum Gasteiger partial charge on any atom is -0.304 e. The van der Waals surface area contributed by atoms with Crippen LogP contribution in [0.4, 0.5) is 0 Å². The Bertz CT molecular complexity index is 317. The summed E-state index contributed by atoms with van der Waals surface area (Å²) in [7, 11) is 0. The second-order valence-corrected chi connectivity index (χ2v) is 4.67. The number of nitrogens with zero attached hydrogens (tertiary/aromatic N) is 1. The van der Waals surface area contributed by atoms with E-state index in [4.69, 9.17) is 0 Å². The van der Waals surface area contributed by atoms with E-state index in [9.17, 15) is 0 Å². The van der Waals surface area contributed by atoms with Crippen LogP contribution in [0.25, 0.3) is 0 Å². The van der Waals surface area contributed by atoms with Crippen molar-refractivity contribution in [1.82, 2.24) is 10.3 Å². The zero-order valence-electron chi connectivity index (χ0n) is 8.49. The minimum absolute atomic E-state index is 0.563. The van der Waals surface area contributed by atoms with Crippen molar-refractivity contribution in [2.24, 2.45) is 0 Å². The summed E-state index contributed by atoms with van der Waals surface area (Å²) >= 11 is 1.74.